The van der Waals surface area contributed by atoms with Crippen LogP contribution in [0.4, 0.5) is 0 Å². The minimum Gasteiger partial charge on any atom is -0.251 e. The topological polar surface area (TPSA) is 25.8 Å². The summed E-state index contributed by atoms with van der Waals surface area (Å²) in [4.78, 5) is 8.77. The summed E-state index contributed by atoms with van der Waals surface area (Å²) in [5, 5.41) is 1.15. The Hall–Kier alpha value is -2.22. The maximum Gasteiger partial charge on any atom is 0.0990 e. The van der Waals surface area contributed by atoms with Gasteiger partial charge in [-0.15, -0.1) is 0 Å². The Balaban J connectivity index is 2.14. The summed E-state index contributed by atoms with van der Waals surface area (Å²) in [6.07, 6.45) is 3.01. The number of pyridine rings is 2. The number of rotatable bonds is 1. The van der Waals surface area contributed by atoms with Gasteiger partial charge in [-0.05, 0) is 31.2 Å². The molecule has 0 spiro atoms. The van der Waals surface area contributed by atoms with Gasteiger partial charge in [0.15, 0.2) is 0 Å². The Labute approximate surface area is 100.0 Å². The van der Waals surface area contributed by atoms with E-state index in [1.54, 1.807) is 0 Å². The fourth-order valence-corrected chi connectivity index (χ4v) is 1.79. The molecule has 0 saturated heterocycles. The predicted molar refractivity (Wildman–Crippen MR) is 68.5 cm³/mol. The van der Waals surface area contributed by atoms with E-state index >= 15 is 0 Å². The summed E-state index contributed by atoms with van der Waals surface area (Å²) in [7, 11) is 0. The third-order valence-electron chi connectivity index (χ3n) is 2.72. The minimum absolute atomic E-state index is 0.913. The molecule has 0 aliphatic rings. The molecule has 0 N–H and O–H groups in total. The molecule has 1 aromatic carbocycles. The van der Waals surface area contributed by atoms with Crippen molar-refractivity contribution in [1.82, 2.24) is 9.97 Å². The van der Waals surface area contributed by atoms with Crippen molar-refractivity contribution in [2.75, 3.05) is 0 Å². The highest BCUT2D eigenvalue weighted by atomic mass is 14.7. The second-order valence-corrected chi connectivity index (χ2v) is 4.00. The van der Waals surface area contributed by atoms with Crippen molar-refractivity contribution in [1.29, 1.82) is 0 Å². The van der Waals surface area contributed by atoms with Crippen LogP contribution in [0.15, 0.2) is 48.5 Å². The van der Waals surface area contributed by atoms with E-state index in [0.717, 1.165) is 27.9 Å². The van der Waals surface area contributed by atoms with Gasteiger partial charge in [0.1, 0.15) is 0 Å². The van der Waals surface area contributed by atoms with E-state index in [9.17, 15) is 0 Å². The van der Waals surface area contributed by atoms with Gasteiger partial charge in [-0.2, -0.15) is 0 Å². The monoisotopic (exact) mass is 219 g/mol. The molecule has 0 amide bonds. The Bertz CT molecular complexity index is 657. The summed E-state index contributed by atoms with van der Waals surface area (Å²) >= 11 is 0. The molecule has 2 heterocycles. The first kappa shape index (κ1) is 9.97. The first-order valence-corrected chi connectivity index (χ1v) is 5.54. The number of benzene rings is 1. The van der Waals surface area contributed by atoms with Gasteiger partial charge < -0.3 is 0 Å². The van der Waals surface area contributed by atoms with Gasteiger partial charge in [-0.3, -0.25) is 4.98 Å². The first-order chi connectivity index (χ1) is 8.33. The van der Waals surface area contributed by atoms with Gasteiger partial charge in [0.25, 0.3) is 0 Å². The second kappa shape index (κ2) is 3.98. The van der Waals surface area contributed by atoms with Crippen LogP contribution in [-0.2, 0) is 0 Å². The molecule has 3 rings (SSSR count). The number of nitrogens with zero attached hydrogens (tertiary/aromatic N) is 2. The van der Waals surface area contributed by atoms with Gasteiger partial charge in [0, 0.05) is 16.6 Å². The highest BCUT2D eigenvalue weighted by molar-refractivity contribution is 5.81. The third kappa shape index (κ3) is 1.89. The highest BCUT2D eigenvalue weighted by Crippen LogP contribution is 2.19. The Morgan fingerprint density at radius 2 is 1.82 bits per heavy atom. The Kier molecular flexibility index (Phi) is 2.33. The zero-order chi connectivity index (χ0) is 11.7. The smallest absolute Gasteiger partial charge is 0.0990 e. The molecule has 17 heavy (non-hydrogen) atoms. The van der Waals surface area contributed by atoms with Crippen LogP contribution in [-0.4, -0.2) is 9.97 Å². The molecule has 3 aromatic rings. The van der Waals surface area contributed by atoms with Crippen molar-refractivity contribution in [2.45, 2.75) is 6.92 Å². The van der Waals surface area contributed by atoms with Gasteiger partial charge in [-0.25, -0.2) is 4.98 Å². The summed E-state index contributed by atoms with van der Waals surface area (Å²) in [5.41, 5.74) is 3.81. The average molecular weight is 219 g/mol. The number of aryl methyl sites for hydroxylation is 1. The van der Waals surface area contributed by atoms with Crippen molar-refractivity contribution in [2.24, 2.45) is 0 Å². The molecule has 0 saturated carbocycles. The van der Waals surface area contributed by atoms with E-state index in [0.29, 0.717) is 0 Å². The average Bonchev–Trinajstić information content (AvgIpc) is 2.39. The molecule has 0 aliphatic carbocycles. The quantitative estimate of drug-likeness (QED) is 0.626. The molecule has 0 fully saturated rings. The van der Waals surface area contributed by atoms with E-state index in [1.165, 1.54) is 0 Å². The normalized spacial score (nSPS) is 10.6. The molecule has 1 radical (unpaired) electrons. The van der Waals surface area contributed by atoms with Crippen LogP contribution in [0.2, 0.25) is 0 Å². The van der Waals surface area contributed by atoms with E-state index < -0.39 is 0 Å². The van der Waals surface area contributed by atoms with Crippen molar-refractivity contribution in [3.63, 3.8) is 0 Å². The van der Waals surface area contributed by atoms with Crippen LogP contribution >= 0.6 is 0 Å². The maximum atomic E-state index is 4.60. The molecule has 2 heteroatoms. The largest absolute Gasteiger partial charge is 0.251 e. The number of para-hydroxylation sites is 1. The van der Waals surface area contributed by atoms with Crippen LogP contribution in [0.1, 0.15) is 5.69 Å². The van der Waals surface area contributed by atoms with Crippen molar-refractivity contribution < 1.29 is 0 Å². The molecule has 0 aliphatic heterocycles. The summed E-state index contributed by atoms with van der Waals surface area (Å²) in [6.45, 7) is 1.95. The van der Waals surface area contributed by atoms with Crippen LogP contribution in [0.25, 0.3) is 22.2 Å². The molecule has 81 valence electrons. The SMILES string of the molecule is Cc1ccc(-c2ccc3ccccc3n2)[c]n1. The minimum atomic E-state index is 0.913. The van der Waals surface area contributed by atoms with Gasteiger partial charge in [0.2, 0.25) is 0 Å². The molecule has 2 nitrogen and oxygen atoms in total. The molecular formula is C15H11N2. The summed E-state index contributed by atoms with van der Waals surface area (Å²) in [6, 6.07) is 16.1. The van der Waals surface area contributed by atoms with Crippen LogP contribution in [0.3, 0.4) is 0 Å². The molecule has 0 bridgehead atoms. The lowest BCUT2D eigenvalue weighted by atomic mass is 10.1. The summed E-state index contributed by atoms with van der Waals surface area (Å²) in [5.74, 6) is 0. The molecule has 2 aromatic heterocycles. The molecular weight excluding hydrogens is 208 g/mol. The lowest BCUT2D eigenvalue weighted by Crippen LogP contribution is -1.87. The zero-order valence-electron chi connectivity index (χ0n) is 9.51. The van der Waals surface area contributed by atoms with Crippen LogP contribution in [0, 0.1) is 13.1 Å². The predicted octanol–water partition coefficient (Wildman–Crippen LogP) is 3.41. The van der Waals surface area contributed by atoms with Crippen LogP contribution in [0.5, 0.6) is 0 Å². The van der Waals surface area contributed by atoms with E-state index in [4.69, 9.17) is 0 Å². The molecule has 0 unspecified atom stereocenters. The zero-order valence-corrected chi connectivity index (χ0v) is 9.51. The number of fused-ring (bicyclic) bond motifs is 1. The van der Waals surface area contributed by atoms with E-state index in [-0.39, 0.29) is 0 Å². The number of hydrogen-bond acceptors (Lipinski definition) is 2. The lowest BCUT2D eigenvalue weighted by Gasteiger charge is -2.02. The van der Waals surface area contributed by atoms with Crippen LogP contribution < -0.4 is 0 Å². The van der Waals surface area contributed by atoms with Crippen molar-refractivity contribution >= 4 is 10.9 Å². The third-order valence-corrected chi connectivity index (χ3v) is 2.72. The standard InChI is InChI=1S/C15H11N2/c1-11-6-7-13(10-16-11)15-9-8-12-4-2-3-5-14(12)17-15/h2-9H,1H3. The fraction of sp³-hybridized carbons (Fsp3) is 0.0667. The van der Waals surface area contributed by atoms with Gasteiger partial charge in [-0.1, -0.05) is 24.3 Å². The van der Waals surface area contributed by atoms with Gasteiger partial charge in [0.05, 0.1) is 17.4 Å². The summed E-state index contributed by atoms with van der Waals surface area (Å²) < 4.78 is 0. The van der Waals surface area contributed by atoms with Crippen molar-refractivity contribution in [3.05, 3.63) is 60.4 Å². The number of aromatic nitrogens is 2. The second-order valence-electron chi connectivity index (χ2n) is 4.00. The van der Waals surface area contributed by atoms with Crippen molar-refractivity contribution in [3.8, 4) is 11.3 Å². The Morgan fingerprint density at radius 1 is 0.941 bits per heavy atom. The maximum absolute atomic E-state index is 4.60. The first-order valence-electron chi connectivity index (χ1n) is 5.54. The number of hydrogen-bond donors (Lipinski definition) is 0. The lowest BCUT2D eigenvalue weighted by molar-refractivity contribution is 1.19. The Morgan fingerprint density at radius 3 is 2.65 bits per heavy atom. The van der Waals surface area contributed by atoms with E-state index in [1.807, 2.05) is 43.3 Å². The van der Waals surface area contributed by atoms with Gasteiger partial charge >= 0.3 is 0 Å². The fourth-order valence-electron chi connectivity index (χ4n) is 1.79. The molecule has 0 atom stereocenters. The highest BCUT2D eigenvalue weighted by Gasteiger charge is 2.01. The van der Waals surface area contributed by atoms with E-state index in [2.05, 4.69) is 28.3 Å².